The molecule has 6 atom stereocenters. The van der Waals surface area contributed by atoms with Crippen molar-refractivity contribution in [3.63, 3.8) is 0 Å². The molecular formula is C52H52N4O11. The summed E-state index contributed by atoms with van der Waals surface area (Å²) in [5, 5.41) is 21.1. The van der Waals surface area contributed by atoms with E-state index in [1.165, 1.54) is 24.3 Å². The maximum atomic E-state index is 14.7. The number of amides is 4. The average molecular weight is 909 g/mol. The molecule has 2 bridgehead atoms. The van der Waals surface area contributed by atoms with Crippen LogP contribution < -0.4 is 21.3 Å². The first-order valence-electron chi connectivity index (χ1n) is 21.9. The molecule has 15 nitrogen and oxygen atoms in total. The van der Waals surface area contributed by atoms with E-state index >= 15 is 0 Å². The summed E-state index contributed by atoms with van der Waals surface area (Å²) >= 11 is 0. The van der Waals surface area contributed by atoms with E-state index in [-0.39, 0.29) is 31.4 Å². The Kier molecular flexibility index (Phi) is 16.9. The van der Waals surface area contributed by atoms with Crippen molar-refractivity contribution in [2.75, 3.05) is 5.32 Å². The molecule has 0 radical (unpaired) electrons. The number of benzene rings is 5. The summed E-state index contributed by atoms with van der Waals surface area (Å²) < 4.78 is 10.6. The molecule has 0 aliphatic carbocycles. The third kappa shape index (κ3) is 14.3. The Hall–Kier alpha value is -7.94. The average Bonchev–Trinajstić information content (AvgIpc) is 3.31. The Morgan fingerprint density at radius 2 is 0.985 bits per heavy atom. The third-order valence-corrected chi connectivity index (χ3v) is 11.2. The molecule has 0 aromatic heterocycles. The fraction of sp³-hybridized carbons (Fsp3) is 0.269. The van der Waals surface area contributed by atoms with E-state index in [2.05, 4.69) is 21.3 Å². The molecule has 0 unspecified atom stereocenters. The largest absolute Gasteiger partial charge is 0.481 e. The van der Waals surface area contributed by atoms with E-state index in [1.54, 1.807) is 42.5 Å². The summed E-state index contributed by atoms with van der Waals surface area (Å²) in [7, 11) is 0. The van der Waals surface area contributed by atoms with Gasteiger partial charge in [0.2, 0.25) is 24.0 Å². The second kappa shape index (κ2) is 23.3. The summed E-state index contributed by atoms with van der Waals surface area (Å²) in [6, 6.07) is 36.7. The van der Waals surface area contributed by atoms with Gasteiger partial charge in [-0.3, -0.25) is 38.4 Å². The molecule has 15 heteroatoms. The molecule has 5 aromatic carbocycles. The van der Waals surface area contributed by atoms with Crippen LogP contribution in [0.2, 0.25) is 0 Å². The van der Waals surface area contributed by atoms with Crippen LogP contribution in [0.4, 0.5) is 5.69 Å². The number of carboxylic acids is 1. The number of rotatable bonds is 11. The van der Waals surface area contributed by atoms with E-state index < -0.39 is 90.0 Å². The van der Waals surface area contributed by atoms with Crippen molar-refractivity contribution in [1.29, 1.82) is 0 Å². The van der Waals surface area contributed by atoms with Crippen LogP contribution in [0.5, 0.6) is 0 Å². The van der Waals surface area contributed by atoms with Gasteiger partial charge in [-0.1, -0.05) is 127 Å². The minimum Gasteiger partial charge on any atom is -0.481 e. The first-order chi connectivity index (χ1) is 32.2. The third-order valence-electron chi connectivity index (χ3n) is 11.2. The number of carbonyl (C=O) groups excluding carboxylic acids is 7. The van der Waals surface area contributed by atoms with Gasteiger partial charge in [-0.2, -0.15) is 0 Å². The normalized spacial score (nSPS) is 20.8. The molecule has 346 valence electrons. The highest BCUT2D eigenvalue weighted by atomic mass is 16.6. The summed E-state index contributed by atoms with van der Waals surface area (Å²) in [5.74, 6) is -8.86. The molecule has 0 spiro atoms. The number of carbonyl (C=O) groups is 8. The number of ketones is 1. The fourth-order valence-electron chi connectivity index (χ4n) is 7.75. The Bertz CT molecular complexity index is 2540. The standard InChI is InChI=1S/C52H52N4O11/c1-32(57)66-46-47(67-33(2)58)51(63)56-44(29-35-14-8-4-9-15-35)49(61)55-43(30-37-18-23-39(24-19-37)38-16-10-5-11-17-38)48(60)54-42(27-22-34-12-6-3-7-13-34)45(59)31-40(52(64)65)28-36-20-25-41(26-21-36)53-50(46)62/h3-21,23-26,40,42-44,46-47H,22,27-31H2,1-2H3,(H,53,62)(H,54,60)(H,55,61)(H,56,63)(H,64,65)/t40-,42-,43+,44-,46-,47-/m1/s1. The van der Waals surface area contributed by atoms with Crippen LogP contribution in [-0.2, 0) is 73.5 Å². The van der Waals surface area contributed by atoms with Crippen molar-refractivity contribution in [1.82, 2.24) is 16.0 Å². The highest BCUT2D eigenvalue weighted by Crippen LogP contribution is 2.22. The molecule has 0 saturated carbocycles. The molecule has 4 amide bonds. The van der Waals surface area contributed by atoms with E-state index in [1.807, 2.05) is 72.8 Å². The molecule has 7 rings (SSSR count). The Morgan fingerprint density at radius 1 is 0.522 bits per heavy atom. The van der Waals surface area contributed by atoms with Crippen LogP contribution in [0.25, 0.3) is 11.1 Å². The summed E-state index contributed by atoms with van der Waals surface area (Å²) in [5.41, 5.74) is 4.57. The van der Waals surface area contributed by atoms with Gasteiger partial charge in [-0.25, -0.2) is 0 Å². The first kappa shape index (κ1) is 48.5. The van der Waals surface area contributed by atoms with Gasteiger partial charge in [0.25, 0.3) is 11.8 Å². The highest BCUT2D eigenvalue weighted by Gasteiger charge is 2.41. The van der Waals surface area contributed by atoms with Gasteiger partial charge in [0.1, 0.15) is 12.1 Å². The van der Waals surface area contributed by atoms with E-state index in [4.69, 9.17) is 9.47 Å². The first-order valence-corrected chi connectivity index (χ1v) is 21.9. The lowest BCUT2D eigenvalue weighted by Gasteiger charge is -2.28. The maximum absolute atomic E-state index is 14.7. The van der Waals surface area contributed by atoms with E-state index in [0.717, 1.165) is 30.5 Å². The predicted molar refractivity (Wildman–Crippen MR) is 247 cm³/mol. The molecule has 0 saturated heterocycles. The van der Waals surface area contributed by atoms with Crippen LogP contribution in [0.1, 0.15) is 48.9 Å². The Balaban J connectivity index is 1.42. The zero-order valence-corrected chi connectivity index (χ0v) is 37.0. The number of hydrogen-bond donors (Lipinski definition) is 5. The lowest BCUT2D eigenvalue weighted by molar-refractivity contribution is -0.173. The number of ether oxygens (including phenoxy) is 2. The van der Waals surface area contributed by atoms with Crippen LogP contribution in [0, 0.1) is 5.92 Å². The van der Waals surface area contributed by atoms with Gasteiger partial charge in [0.15, 0.2) is 5.78 Å². The molecular weight excluding hydrogens is 857 g/mol. The van der Waals surface area contributed by atoms with Crippen LogP contribution in [0.15, 0.2) is 140 Å². The topological polar surface area (TPSA) is 223 Å². The Labute approximate surface area is 387 Å². The molecule has 2 heterocycles. The molecule has 2 aliphatic heterocycles. The number of aliphatic carboxylic acids is 1. The van der Waals surface area contributed by atoms with Gasteiger partial charge >= 0.3 is 17.9 Å². The predicted octanol–water partition coefficient (Wildman–Crippen LogP) is 4.94. The minimum absolute atomic E-state index is 0.0867. The van der Waals surface area contributed by atoms with Gasteiger partial charge in [-0.05, 0) is 64.8 Å². The number of hydrogen-bond acceptors (Lipinski definition) is 10. The molecule has 0 fully saturated rings. The van der Waals surface area contributed by atoms with Crippen LogP contribution in [-0.4, -0.2) is 82.8 Å². The van der Waals surface area contributed by atoms with E-state index in [9.17, 15) is 43.5 Å². The molecule has 5 N–H and O–H groups in total. The number of carboxylic acid groups (broad SMARTS) is 1. The molecule has 2 aliphatic rings. The SMILES string of the molecule is CC(=O)O[C@H]1C(=O)Nc2ccc(cc2)C[C@@H](C(=O)O)CC(=O)[C@@H](CCc2ccccc2)NC(=O)[C@H](Cc2ccc(-c3ccccc3)cc2)NC(=O)[C@@H](Cc2ccccc2)NC(=O)[C@@H]1OC(C)=O. The molecule has 67 heavy (non-hydrogen) atoms. The van der Waals surface area contributed by atoms with Crippen molar-refractivity contribution in [3.8, 4) is 11.1 Å². The summed E-state index contributed by atoms with van der Waals surface area (Å²) in [6.45, 7) is 1.98. The maximum Gasteiger partial charge on any atom is 0.307 e. The fourth-order valence-corrected chi connectivity index (χ4v) is 7.75. The van der Waals surface area contributed by atoms with Crippen molar-refractivity contribution in [2.45, 2.75) is 82.7 Å². The summed E-state index contributed by atoms with van der Waals surface area (Å²) in [4.78, 5) is 109. The van der Waals surface area contributed by atoms with Gasteiger partial charge < -0.3 is 35.8 Å². The van der Waals surface area contributed by atoms with Crippen molar-refractivity contribution < 1.29 is 52.9 Å². The second-order valence-electron chi connectivity index (χ2n) is 16.3. The van der Waals surface area contributed by atoms with Crippen molar-refractivity contribution >= 4 is 53.0 Å². The van der Waals surface area contributed by atoms with Gasteiger partial charge in [-0.15, -0.1) is 0 Å². The lowest BCUT2D eigenvalue weighted by Crippen LogP contribution is -2.59. The molecule has 5 aromatic rings. The van der Waals surface area contributed by atoms with E-state index in [0.29, 0.717) is 23.1 Å². The second-order valence-corrected chi connectivity index (χ2v) is 16.3. The Morgan fingerprint density at radius 3 is 1.52 bits per heavy atom. The van der Waals surface area contributed by atoms with Crippen LogP contribution >= 0.6 is 0 Å². The number of esters is 2. The van der Waals surface area contributed by atoms with Gasteiger partial charge in [0, 0.05) is 38.8 Å². The number of nitrogens with one attached hydrogen (secondary N) is 4. The van der Waals surface area contributed by atoms with Crippen LogP contribution in [0.3, 0.4) is 0 Å². The monoisotopic (exact) mass is 908 g/mol. The van der Waals surface area contributed by atoms with Crippen molar-refractivity contribution in [2.24, 2.45) is 5.92 Å². The number of fused-ring (bicyclic) bond motifs is 18. The highest BCUT2D eigenvalue weighted by molar-refractivity contribution is 6.01. The summed E-state index contributed by atoms with van der Waals surface area (Å²) in [6.07, 6.45) is -4.48. The zero-order valence-electron chi connectivity index (χ0n) is 37.0. The van der Waals surface area contributed by atoms with Crippen molar-refractivity contribution in [3.05, 3.63) is 162 Å². The number of aryl methyl sites for hydroxylation is 1. The zero-order chi connectivity index (χ0) is 47.9. The quantitative estimate of drug-likeness (QED) is 0.0882. The number of anilines is 1. The number of Topliss-reactive ketones (excluding diaryl/α,β-unsaturated/α-hetero) is 1. The minimum atomic E-state index is -2.10. The van der Waals surface area contributed by atoms with Gasteiger partial charge in [0.05, 0.1) is 12.0 Å². The lowest BCUT2D eigenvalue weighted by atomic mass is 9.90. The smallest absolute Gasteiger partial charge is 0.307 e.